The Labute approximate surface area is 141 Å². The summed E-state index contributed by atoms with van der Waals surface area (Å²) in [6.45, 7) is 3.62. The minimum Gasteiger partial charge on any atom is -0.333 e. The molecule has 0 aromatic rings. The number of hydrogen-bond acceptors (Lipinski definition) is 1. The van der Waals surface area contributed by atoms with Crippen LogP contribution in [0.15, 0.2) is 0 Å². The molecule has 0 rings (SSSR count). The molecule has 0 bridgehead atoms. The Morgan fingerprint density at radius 3 is 1.14 bits per heavy atom. The Hall–Kier alpha value is 0.210. The summed E-state index contributed by atoms with van der Waals surface area (Å²) in [6.07, 6.45) is 17.4. The first-order chi connectivity index (χ1) is 9.56. The monoisotopic (exact) mass is 323 g/mol. The van der Waals surface area contributed by atoms with Gasteiger partial charge in [-0.2, -0.15) is 0 Å². The Balaban J connectivity index is -0.00000103. The van der Waals surface area contributed by atoms with E-state index in [-0.39, 0.29) is 12.4 Å². The molecule has 132 valence electrons. The maximum atomic E-state index is 4.50. The van der Waals surface area contributed by atoms with Crippen molar-refractivity contribution in [3.63, 3.8) is 0 Å². The molecule has 21 heavy (non-hydrogen) atoms. The molecule has 0 aliphatic rings. The van der Waals surface area contributed by atoms with Gasteiger partial charge in [-0.3, -0.25) is 0 Å². The van der Waals surface area contributed by atoms with Crippen molar-refractivity contribution in [1.29, 1.82) is 0 Å². The highest BCUT2D eigenvalue weighted by Gasteiger charge is 2.04. The molecule has 0 heterocycles. The predicted octanol–water partition coefficient (Wildman–Crippen LogP) is 5.39. The molecule has 0 fully saturated rings. The second-order valence-electron chi connectivity index (χ2n) is 6.90. The van der Waals surface area contributed by atoms with Gasteiger partial charge in [0, 0.05) is 0 Å². The topological polar surface area (TPSA) is 26.0 Å². The summed E-state index contributed by atoms with van der Waals surface area (Å²) in [6, 6.07) is 0. The molecule has 2 nitrogen and oxygen atoms in total. The third-order valence-corrected chi connectivity index (χ3v) is 3.68. The standard InChI is InChI=1S/C17H38N.CH5N.ClH/c1-5-6-7-8-9-10-11-12-13-14-15-16-17-18(2,3)4;1-2;/h5-17H2,1-4H3;2H2,1H3;1H/q+1;;. The minimum absolute atomic E-state index is 0. The van der Waals surface area contributed by atoms with E-state index < -0.39 is 0 Å². The quantitative estimate of drug-likeness (QED) is 0.357. The van der Waals surface area contributed by atoms with Gasteiger partial charge in [-0.05, 0) is 19.9 Å². The van der Waals surface area contributed by atoms with Gasteiger partial charge in [0.1, 0.15) is 0 Å². The van der Waals surface area contributed by atoms with Crippen LogP contribution >= 0.6 is 12.4 Å². The van der Waals surface area contributed by atoms with E-state index in [4.69, 9.17) is 0 Å². The Morgan fingerprint density at radius 2 is 0.857 bits per heavy atom. The highest BCUT2D eigenvalue weighted by atomic mass is 35.5. The zero-order valence-corrected chi connectivity index (χ0v) is 16.4. The van der Waals surface area contributed by atoms with Gasteiger partial charge < -0.3 is 10.2 Å². The number of halogens is 1. The molecule has 0 spiro atoms. The highest BCUT2D eigenvalue weighted by molar-refractivity contribution is 5.85. The van der Waals surface area contributed by atoms with Gasteiger partial charge >= 0.3 is 0 Å². The molecular weight excluding hydrogens is 280 g/mol. The Kier molecular flexibility index (Phi) is 25.1. The predicted molar refractivity (Wildman–Crippen MR) is 101 cm³/mol. The average Bonchev–Trinajstić information content (AvgIpc) is 2.41. The van der Waals surface area contributed by atoms with Crippen LogP contribution in [0.3, 0.4) is 0 Å². The van der Waals surface area contributed by atoms with E-state index in [1.165, 1.54) is 90.6 Å². The Morgan fingerprint density at radius 1 is 0.571 bits per heavy atom. The molecule has 0 saturated heterocycles. The van der Waals surface area contributed by atoms with Crippen molar-refractivity contribution in [2.45, 2.75) is 84.0 Å². The van der Waals surface area contributed by atoms with E-state index in [9.17, 15) is 0 Å². The summed E-state index contributed by atoms with van der Waals surface area (Å²) >= 11 is 0. The number of nitrogens with zero attached hydrogens (tertiary/aromatic N) is 1. The Bertz CT molecular complexity index is 167. The molecule has 0 aliphatic heterocycles. The SMILES string of the molecule is CCCCCCCCCCCCCC[N+](C)(C)C.CN.Cl. The average molecular weight is 324 g/mol. The lowest BCUT2D eigenvalue weighted by atomic mass is 10.1. The maximum absolute atomic E-state index is 4.50. The van der Waals surface area contributed by atoms with Crippen LogP contribution in [0, 0.1) is 0 Å². The molecule has 0 saturated carbocycles. The van der Waals surface area contributed by atoms with Crippen molar-refractivity contribution in [2.24, 2.45) is 5.73 Å². The minimum atomic E-state index is 0. The third kappa shape index (κ3) is 29.0. The van der Waals surface area contributed by atoms with Crippen LogP contribution in [0.5, 0.6) is 0 Å². The molecule has 0 unspecified atom stereocenters. The molecule has 3 heteroatoms. The summed E-state index contributed by atoms with van der Waals surface area (Å²) in [5, 5.41) is 0. The van der Waals surface area contributed by atoms with Gasteiger partial charge in [0.2, 0.25) is 0 Å². The molecule has 0 aliphatic carbocycles. The number of unbranched alkanes of at least 4 members (excludes halogenated alkanes) is 11. The maximum Gasteiger partial charge on any atom is 0.0780 e. The molecule has 0 atom stereocenters. The lowest BCUT2D eigenvalue weighted by Gasteiger charge is -2.23. The summed E-state index contributed by atoms with van der Waals surface area (Å²) < 4.78 is 1.12. The van der Waals surface area contributed by atoms with Crippen molar-refractivity contribution < 1.29 is 4.48 Å². The number of rotatable bonds is 13. The van der Waals surface area contributed by atoms with E-state index >= 15 is 0 Å². The first kappa shape index (κ1) is 26.1. The largest absolute Gasteiger partial charge is 0.333 e. The van der Waals surface area contributed by atoms with Crippen LogP contribution < -0.4 is 5.73 Å². The van der Waals surface area contributed by atoms with Crippen LogP contribution in [0.2, 0.25) is 0 Å². The third-order valence-electron chi connectivity index (χ3n) is 3.68. The van der Waals surface area contributed by atoms with Crippen LogP contribution in [-0.2, 0) is 0 Å². The van der Waals surface area contributed by atoms with Gasteiger partial charge in [0.05, 0.1) is 27.7 Å². The molecular formula is C18H44ClN2+. The van der Waals surface area contributed by atoms with E-state index in [0.717, 1.165) is 4.48 Å². The van der Waals surface area contributed by atoms with Crippen molar-refractivity contribution in [3.05, 3.63) is 0 Å². The van der Waals surface area contributed by atoms with E-state index in [2.05, 4.69) is 33.8 Å². The molecule has 0 radical (unpaired) electrons. The van der Waals surface area contributed by atoms with Crippen molar-refractivity contribution in [2.75, 3.05) is 34.7 Å². The fourth-order valence-electron chi connectivity index (χ4n) is 2.43. The van der Waals surface area contributed by atoms with E-state index in [1.54, 1.807) is 0 Å². The van der Waals surface area contributed by atoms with Crippen LogP contribution in [0.1, 0.15) is 84.0 Å². The van der Waals surface area contributed by atoms with Gasteiger partial charge in [-0.1, -0.05) is 71.1 Å². The molecule has 0 aromatic heterocycles. The van der Waals surface area contributed by atoms with E-state index in [1.807, 2.05) is 0 Å². The molecule has 0 aromatic carbocycles. The smallest absolute Gasteiger partial charge is 0.0780 e. The molecule has 0 amide bonds. The zero-order chi connectivity index (χ0) is 15.7. The van der Waals surface area contributed by atoms with Crippen LogP contribution in [-0.4, -0.2) is 39.2 Å². The summed E-state index contributed by atoms with van der Waals surface area (Å²) in [4.78, 5) is 0. The first-order valence-corrected chi connectivity index (χ1v) is 8.94. The second kappa shape index (κ2) is 20.2. The highest BCUT2D eigenvalue weighted by Crippen LogP contribution is 2.12. The second-order valence-corrected chi connectivity index (χ2v) is 6.90. The van der Waals surface area contributed by atoms with Crippen molar-refractivity contribution >= 4 is 12.4 Å². The lowest BCUT2D eigenvalue weighted by molar-refractivity contribution is -0.870. The van der Waals surface area contributed by atoms with Gasteiger partial charge in [0.25, 0.3) is 0 Å². The molecule has 2 N–H and O–H groups in total. The van der Waals surface area contributed by atoms with Crippen molar-refractivity contribution in [1.82, 2.24) is 0 Å². The first-order valence-electron chi connectivity index (χ1n) is 8.94. The number of nitrogens with two attached hydrogens (primary N) is 1. The van der Waals surface area contributed by atoms with Gasteiger partial charge in [-0.15, -0.1) is 12.4 Å². The fraction of sp³-hybridized carbons (Fsp3) is 1.00. The fourth-order valence-corrected chi connectivity index (χ4v) is 2.43. The van der Waals surface area contributed by atoms with E-state index in [0.29, 0.717) is 0 Å². The van der Waals surface area contributed by atoms with Crippen molar-refractivity contribution in [3.8, 4) is 0 Å². The summed E-state index contributed by atoms with van der Waals surface area (Å²) in [7, 11) is 8.37. The number of hydrogen-bond donors (Lipinski definition) is 1. The van der Waals surface area contributed by atoms with Crippen LogP contribution in [0.4, 0.5) is 0 Å². The normalized spacial score (nSPS) is 10.6. The van der Waals surface area contributed by atoms with Crippen LogP contribution in [0.25, 0.3) is 0 Å². The van der Waals surface area contributed by atoms with Gasteiger partial charge in [-0.25, -0.2) is 0 Å². The summed E-state index contributed by atoms with van der Waals surface area (Å²) in [5.74, 6) is 0. The summed E-state index contributed by atoms with van der Waals surface area (Å²) in [5.41, 5.74) is 4.50. The van der Waals surface area contributed by atoms with Gasteiger partial charge in [0.15, 0.2) is 0 Å². The number of quaternary nitrogens is 1. The zero-order valence-electron chi connectivity index (χ0n) is 15.6. The lowest BCUT2D eigenvalue weighted by Crippen LogP contribution is -2.35.